The number of hydrogen-bond donors (Lipinski definition) is 1. The van der Waals surface area contributed by atoms with E-state index in [-0.39, 0.29) is 16.8 Å². The smallest absolute Gasteiger partial charge is 0.254 e. The maximum absolute atomic E-state index is 13.0. The molecule has 3 rings (SSSR count). The summed E-state index contributed by atoms with van der Waals surface area (Å²) < 4.78 is 23.5. The molecule has 2 aromatic rings. The molecule has 1 heterocycles. The fourth-order valence-electron chi connectivity index (χ4n) is 3.00. The van der Waals surface area contributed by atoms with Gasteiger partial charge >= 0.3 is 0 Å². The Balaban J connectivity index is 1.96. The third-order valence-electron chi connectivity index (χ3n) is 4.28. The first-order chi connectivity index (χ1) is 11.9. The van der Waals surface area contributed by atoms with Gasteiger partial charge in [-0.2, -0.15) is 0 Å². The van der Waals surface area contributed by atoms with Gasteiger partial charge in [0.1, 0.15) is 0 Å². The van der Waals surface area contributed by atoms with Crippen LogP contribution in [0.5, 0.6) is 0 Å². The minimum absolute atomic E-state index is 0.141. The monoisotopic (exact) mass is 378 g/mol. The second kappa shape index (κ2) is 7.15. The Morgan fingerprint density at radius 1 is 1.20 bits per heavy atom. The summed E-state index contributed by atoms with van der Waals surface area (Å²) in [6.45, 7) is 1.80. The SMILES string of the molecule is CS(=O)(=O)c1cccc(C(=O)N2CCNCC2c2ccccc2Cl)c1. The van der Waals surface area contributed by atoms with Crippen LogP contribution in [0.25, 0.3) is 0 Å². The van der Waals surface area contributed by atoms with E-state index in [0.29, 0.717) is 30.2 Å². The van der Waals surface area contributed by atoms with Crippen LogP contribution in [0.2, 0.25) is 5.02 Å². The lowest BCUT2D eigenvalue weighted by atomic mass is 10.0. The molecule has 2 aromatic carbocycles. The van der Waals surface area contributed by atoms with Gasteiger partial charge in [-0.15, -0.1) is 0 Å². The van der Waals surface area contributed by atoms with E-state index in [1.807, 2.05) is 18.2 Å². The molecule has 7 heteroatoms. The molecule has 0 radical (unpaired) electrons. The number of nitrogens with one attached hydrogen (secondary N) is 1. The van der Waals surface area contributed by atoms with E-state index < -0.39 is 9.84 Å². The lowest BCUT2D eigenvalue weighted by molar-refractivity contribution is 0.0634. The van der Waals surface area contributed by atoms with Crippen molar-refractivity contribution >= 4 is 27.3 Å². The Bertz CT molecular complexity index is 899. The van der Waals surface area contributed by atoms with Crippen LogP contribution in [0.3, 0.4) is 0 Å². The summed E-state index contributed by atoms with van der Waals surface area (Å²) in [5.74, 6) is -0.197. The van der Waals surface area contributed by atoms with Gasteiger partial charge in [-0.1, -0.05) is 35.9 Å². The first-order valence-corrected chi connectivity index (χ1v) is 10.2. The lowest BCUT2D eigenvalue weighted by Gasteiger charge is -2.37. The number of hydrogen-bond acceptors (Lipinski definition) is 4. The highest BCUT2D eigenvalue weighted by Gasteiger charge is 2.30. The topological polar surface area (TPSA) is 66.5 Å². The standard InChI is InChI=1S/C18H19ClN2O3S/c1-25(23,24)14-6-4-5-13(11-14)18(22)21-10-9-20-12-17(21)15-7-2-3-8-16(15)19/h2-8,11,17,20H,9-10,12H2,1H3. The molecular weight excluding hydrogens is 360 g/mol. The Labute approximate surface area is 152 Å². The number of carbonyl (C=O) groups is 1. The number of halogens is 1. The second-order valence-corrected chi connectivity index (χ2v) is 8.46. The van der Waals surface area contributed by atoms with Crippen molar-refractivity contribution in [3.05, 3.63) is 64.7 Å². The van der Waals surface area contributed by atoms with E-state index >= 15 is 0 Å². The second-order valence-electron chi connectivity index (χ2n) is 6.04. The fourth-order valence-corrected chi connectivity index (χ4v) is 3.92. The van der Waals surface area contributed by atoms with Crippen LogP contribution in [-0.2, 0) is 9.84 Å². The molecule has 0 bridgehead atoms. The van der Waals surface area contributed by atoms with E-state index in [1.165, 1.54) is 12.1 Å². The molecular formula is C18H19ClN2O3S. The van der Waals surface area contributed by atoms with E-state index in [9.17, 15) is 13.2 Å². The van der Waals surface area contributed by atoms with Crippen molar-refractivity contribution in [1.29, 1.82) is 0 Å². The molecule has 1 atom stereocenters. The third-order valence-corrected chi connectivity index (χ3v) is 5.73. The maximum atomic E-state index is 13.0. The van der Waals surface area contributed by atoms with E-state index in [4.69, 9.17) is 11.6 Å². The van der Waals surface area contributed by atoms with Crippen molar-refractivity contribution in [3.63, 3.8) is 0 Å². The van der Waals surface area contributed by atoms with Crippen LogP contribution in [-0.4, -0.2) is 45.1 Å². The number of benzene rings is 2. The molecule has 0 saturated carbocycles. The predicted molar refractivity (Wildman–Crippen MR) is 97.7 cm³/mol. The van der Waals surface area contributed by atoms with Crippen molar-refractivity contribution in [3.8, 4) is 0 Å². The molecule has 25 heavy (non-hydrogen) atoms. The maximum Gasteiger partial charge on any atom is 0.254 e. The quantitative estimate of drug-likeness (QED) is 0.891. The average molecular weight is 379 g/mol. The van der Waals surface area contributed by atoms with Gasteiger partial charge in [0.2, 0.25) is 0 Å². The van der Waals surface area contributed by atoms with Gasteiger partial charge in [0, 0.05) is 36.5 Å². The van der Waals surface area contributed by atoms with E-state index in [1.54, 1.807) is 23.1 Å². The van der Waals surface area contributed by atoms with Crippen molar-refractivity contribution < 1.29 is 13.2 Å². The molecule has 1 unspecified atom stereocenters. The van der Waals surface area contributed by atoms with Crippen LogP contribution < -0.4 is 5.32 Å². The largest absolute Gasteiger partial charge is 0.329 e. The number of nitrogens with zero attached hydrogens (tertiary/aromatic N) is 1. The number of piperazine rings is 1. The van der Waals surface area contributed by atoms with Crippen LogP contribution in [0, 0.1) is 0 Å². The van der Waals surface area contributed by atoms with Crippen molar-refractivity contribution in [1.82, 2.24) is 10.2 Å². The molecule has 5 nitrogen and oxygen atoms in total. The zero-order valence-corrected chi connectivity index (χ0v) is 15.3. The van der Waals surface area contributed by atoms with Gasteiger partial charge in [-0.3, -0.25) is 4.79 Å². The number of amides is 1. The Kier molecular flexibility index (Phi) is 5.13. The minimum Gasteiger partial charge on any atom is -0.329 e. The summed E-state index contributed by atoms with van der Waals surface area (Å²) in [5.41, 5.74) is 1.24. The summed E-state index contributed by atoms with van der Waals surface area (Å²) in [7, 11) is -3.37. The first kappa shape index (κ1) is 17.9. The molecule has 0 aliphatic carbocycles. The normalized spacial score (nSPS) is 18.2. The summed E-state index contributed by atoms with van der Waals surface area (Å²) in [5, 5.41) is 3.89. The summed E-state index contributed by atoms with van der Waals surface area (Å²) in [6, 6.07) is 13.4. The van der Waals surface area contributed by atoms with Crippen molar-refractivity contribution in [2.24, 2.45) is 0 Å². The molecule has 1 saturated heterocycles. The molecule has 1 aliphatic heterocycles. The Morgan fingerprint density at radius 2 is 1.96 bits per heavy atom. The molecule has 1 amide bonds. The van der Waals surface area contributed by atoms with Crippen LogP contribution in [0.1, 0.15) is 22.0 Å². The molecule has 1 aliphatic rings. The summed E-state index contributed by atoms with van der Waals surface area (Å²) >= 11 is 6.31. The highest BCUT2D eigenvalue weighted by molar-refractivity contribution is 7.90. The van der Waals surface area contributed by atoms with Gasteiger partial charge < -0.3 is 10.2 Å². The van der Waals surface area contributed by atoms with Gasteiger partial charge in [0.05, 0.1) is 10.9 Å². The molecule has 0 spiro atoms. The highest BCUT2D eigenvalue weighted by Crippen LogP contribution is 2.29. The highest BCUT2D eigenvalue weighted by atomic mass is 35.5. The number of sulfone groups is 1. The Morgan fingerprint density at radius 3 is 2.68 bits per heavy atom. The predicted octanol–water partition coefficient (Wildman–Crippen LogP) is 2.53. The first-order valence-electron chi connectivity index (χ1n) is 7.94. The van der Waals surface area contributed by atoms with Gasteiger partial charge in [-0.05, 0) is 29.8 Å². The Hall–Kier alpha value is -1.89. The van der Waals surface area contributed by atoms with Crippen LogP contribution in [0.4, 0.5) is 0 Å². The summed E-state index contributed by atoms with van der Waals surface area (Å²) in [6.07, 6.45) is 1.13. The molecule has 1 N–H and O–H groups in total. The minimum atomic E-state index is -3.37. The van der Waals surface area contributed by atoms with Gasteiger partial charge in [-0.25, -0.2) is 8.42 Å². The number of rotatable bonds is 3. The van der Waals surface area contributed by atoms with Gasteiger partial charge in [0.25, 0.3) is 5.91 Å². The van der Waals surface area contributed by atoms with Crippen LogP contribution in [0.15, 0.2) is 53.4 Å². The summed E-state index contributed by atoms with van der Waals surface area (Å²) in [4.78, 5) is 14.9. The van der Waals surface area contributed by atoms with E-state index in [0.717, 1.165) is 11.8 Å². The third kappa shape index (κ3) is 3.86. The molecule has 1 fully saturated rings. The zero-order chi connectivity index (χ0) is 18.0. The fraction of sp³-hybridized carbons (Fsp3) is 0.278. The van der Waals surface area contributed by atoms with Gasteiger partial charge in [0.15, 0.2) is 9.84 Å². The molecule has 132 valence electrons. The molecule has 0 aromatic heterocycles. The van der Waals surface area contributed by atoms with Crippen molar-refractivity contribution in [2.75, 3.05) is 25.9 Å². The average Bonchev–Trinajstić information content (AvgIpc) is 2.61. The lowest BCUT2D eigenvalue weighted by Crippen LogP contribution is -2.48. The van der Waals surface area contributed by atoms with Crippen molar-refractivity contribution in [2.45, 2.75) is 10.9 Å². The van der Waals surface area contributed by atoms with E-state index in [2.05, 4.69) is 5.32 Å². The number of carbonyl (C=O) groups excluding carboxylic acids is 1. The van der Waals surface area contributed by atoms with Crippen LogP contribution >= 0.6 is 11.6 Å². The zero-order valence-electron chi connectivity index (χ0n) is 13.8.